The van der Waals surface area contributed by atoms with Crippen LogP contribution in [0.3, 0.4) is 0 Å². The van der Waals surface area contributed by atoms with Crippen LogP contribution in [-0.4, -0.2) is 10.7 Å². The highest BCUT2D eigenvalue weighted by Gasteiger charge is 2.29. The normalized spacial score (nSPS) is 13.5. The van der Waals surface area contributed by atoms with Crippen molar-refractivity contribution in [3.8, 4) is 0 Å². The Morgan fingerprint density at radius 3 is 2.33 bits per heavy atom. The standard InChI is InChI=1S/C17H27O3P/c1-11(2)15(18)9-17(5,6)16-13(4)7-12(3)8-14(16)10-21(19)20/h7-8,11,21H,9-10H2,1-6H3,(H,19,20). The van der Waals surface area contributed by atoms with Gasteiger partial charge in [0.2, 0.25) is 0 Å². The molecular weight excluding hydrogens is 283 g/mol. The highest BCUT2D eigenvalue weighted by atomic mass is 31.1. The van der Waals surface area contributed by atoms with Crippen molar-refractivity contribution in [2.75, 3.05) is 0 Å². The maximum atomic E-state index is 12.1. The molecule has 1 rings (SSSR count). The van der Waals surface area contributed by atoms with Crippen LogP contribution in [-0.2, 0) is 20.9 Å². The summed E-state index contributed by atoms with van der Waals surface area (Å²) in [5.41, 5.74) is 3.80. The van der Waals surface area contributed by atoms with E-state index in [1.54, 1.807) is 0 Å². The second-order valence-corrected chi connectivity index (χ2v) is 8.01. The van der Waals surface area contributed by atoms with Crippen molar-refractivity contribution >= 4 is 13.8 Å². The lowest BCUT2D eigenvalue weighted by Gasteiger charge is -2.30. The van der Waals surface area contributed by atoms with Gasteiger partial charge in [0.25, 0.3) is 0 Å². The van der Waals surface area contributed by atoms with Gasteiger partial charge in [-0.05, 0) is 36.0 Å². The van der Waals surface area contributed by atoms with Gasteiger partial charge < -0.3 is 4.89 Å². The first-order valence-corrected chi connectivity index (χ1v) is 8.96. The quantitative estimate of drug-likeness (QED) is 0.803. The number of aryl methyl sites for hydroxylation is 2. The summed E-state index contributed by atoms with van der Waals surface area (Å²) in [5, 5.41) is 0. The van der Waals surface area contributed by atoms with E-state index in [2.05, 4.69) is 6.07 Å². The zero-order chi connectivity index (χ0) is 16.4. The van der Waals surface area contributed by atoms with Crippen molar-refractivity contribution in [3.63, 3.8) is 0 Å². The lowest BCUT2D eigenvalue weighted by atomic mass is 9.74. The molecule has 0 fully saturated rings. The average Bonchev–Trinajstić information content (AvgIpc) is 2.24. The molecule has 0 spiro atoms. The molecule has 0 radical (unpaired) electrons. The third-order valence-corrected chi connectivity index (χ3v) is 4.52. The summed E-state index contributed by atoms with van der Waals surface area (Å²) >= 11 is 0. The molecule has 1 aromatic rings. The molecule has 0 aromatic heterocycles. The number of hydrogen-bond acceptors (Lipinski definition) is 2. The third-order valence-electron chi connectivity index (χ3n) is 3.84. The van der Waals surface area contributed by atoms with Gasteiger partial charge in [0.1, 0.15) is 5.78 Å². The van der Waals surface area contributed by atoms with Crippen LogP contribution in [0.2, 0.25) is 0 Å². The summed E-state index contributed by atoms with van der Waals surface area (Å²) in [7, 11) is -2.58. The fourth-order valence-corrected chi connectivity index (χ4v) is 3.66. The highest BCUT2D eigenvalue weighted by Crippen LogP contribution is 2.37. The minimum atomic E-state index is -2.58. The van der Waals surface area contributed by atoms with Gasteiger partial charge in [0, 0.05) is 18.5 Å². The Morgan fingerprint density at radius 1 is 1.29 bits per heavy atom. The molecule has 4 heteroatoms. The van der Waals surface area contributed by atoms with E-state index in [1.165, 1.54) is 0 Å². The molecule has 1 N–H and O–H groups in total. The van der Waals surface area contributed by atoms with Crippen LogP contribution in [0.15, 0.2) is 12.1 Å². The summed E-state index contributed by atoms with van der Waals surface area (Å²) < 4.78 is 11.3. The molecule has 21 heavy (non-hydrogen) atoms. The molecule has 0 bridgehead atoms. The van der Waals surface area contributed by atoms with Crippen LogP contribution >= 0.6 is 8.03 Å². The number of hydrogen-bond donors (Lipinski definition) is 1. The number of Topliss-reactive ketones (excluding diaryl/α,β-unsaturated/α-hetero) is 1. The summed E-state index contributed by atoms with van der Waals surface area (Å²) in [6.07, 6.45) is 0.635. The Kier molecular flexibility index (Phi) is 5.95. The average molecular weight is 310 g/mol. The van der Waals surface area contributed by atoms with Crippen LogP contribution in [0.5, 0.6) is 0 Å². The van der Waals surface area contributed by atoms with Gasteiger partial charge in [-0.15, -0.1) is 0 Å². The molecule has 1 unspecified atom stereocenters. The molecule has 0 aliphatic carbocycles. The molecule has 3 nitrogen and oxygen atoms in total. The van der Waals surface area contributed by atoms with Gasteiger partial charge in [-0.25, -0.2) is 0 Å². The first-order chi connectivity index (χ1) is 9.54. The Hall–Kier alpha value is -0.920. The monoisotopic (exact) mass is 310 g/mol. The third kappa shape index (κ3) is 4.79. The van der Waals surface area contributed by atoms with E-state index in [-0.39, 0.29) is 23.3 Å². The number of benzene rings is 1. The van der Waals surface area contributed by atoms with Crippen LogP contribution < -0.4 is 0 Å². The van der Waals surface area contributed by atoms with E-state index in [0.717, 1.165) is 22.3 Å². The predicted octanol–water partition coefficient (Wildman–Crippen LogP) is 4.16. The molecule has 0 saturated carbocycles. The second-order valence-electron chi connectivity index (χ2n) is 6.87. The number of rotatable bonds is 6. The summed E-state index contributed by atoms with van der Waals surface area (Å²) in [4.78, 5) is 21.5. The molecule has 1 atom stereocenters. The molecular formula is C17H27O3P. The smallest absolute Gasteiger partial charge is 0.193 e. The molecule has 0 aliphatic heterocycles. The van der Waals surface area contributed by atoms with Crippen molar-refractivity contribution in [2.24, 2.45) is 5.92 Å². The number of carbonyl (C=O) groups excluding carboxylic acids is 1. The second kappa shape index (κ2) is 6.89. The largest absolute Gasteiger partial charge is 0.346 e. The van der Waals surface area contributed by atoms with Crippen molar-refractivity contribution in [3.05, 3.63) is 34.4 Å². The minimum Gasteiger partial charge on any atom is -0.346 e. The van der Waals surface area contributed by atoms with Gasteiger partial charge in [-0.3, -0.25) is 9.36 Å². The van der Waals surface area contributed by atoms with Crippen LogP contribution in [0.4, 0.5) is 0 Å². The Balaban J connectivity index is 3.32. The summed E-state index contributed by atoms with van der Waals surface area (Å²) in [6.45, 7) is 11.9. The Morgan fingerprint density at radius 2 is 1.86 bits per heavy atom. The first kappa shape index (κ1) is 18.1. The van der Waals surface area contributed by atoms with Crippen molar-refractivity contribution in [2.45, 2.75) is 59.5 Å². The van der Waals surface area contributed by atoms with Crippen LogP contribution in [0, 0.1) is 19.8 Å². The molecule has 0 saturated heterocycles. The van der Waals surface area contributed by atoms with Crippen LogP contribution in [0.1, 0.15) is 56.4 Å². The minimum absolute atomic E-state index is 0.00968. The van der Waals surface area contributed by atoms with E-state index in [0.29, 0.717) is 6.42 Å². The van der Waals surface area contributed by atoms with Gasteiger partial charge in [0.15, 0.2) is 8.03 Å². The van der Waals surface area contributed by atoms with E-state index in [1.807, 2.05) is 47.6 Å². The van der Waals surface area contributed by atoms with E-state index < -0.39 is 8.03 Å². The van der Waals surface area contributed by atoms with Gasteiger partial charge in [0.05, 0.1) is 0 Å². The van der Waals surface area contributed by atoms with E-state index in [9.17, 15) is 14.3 Å². The zero-order valence-electron chi connectivity index (χ0n) is 13.9. The van der Waals surface area contributed by atoms with Crippen molar-refractivity contribution in [1.29, 1.82) is 0 Å². The first-order valence-electron chi connectivity index (χ1n) is 7.39. The van der Waals surface area contributed by atoms with Crippen molar-refractivity contribution in [1.82, 2.24) is 0 Å². The lowest BCUT2D eigenvalue weighted by molar-refractivity contribution is -0.122. The lowest BCUT2D eigenvalue weighted by Crippen LogP contribution is -2.26. The summed E-state index contributed by atoms with van der Waals surface area (Å²) in [5.74, 6) is 0.234. The van der Waals surface area contributed by atoms with E-state index in [4.69, 9.17) is 0 Å². The summed E-state index contributed by atoms with van der Waals surface area (Å²) in [6, 6.07) is 4.05. The van der Waals surface area contributed by atoms with Gasteiger partial charge >= 0.3 is 0 Å². The molecule has 0 heterocycles. The fourth-order valence-electron chi connectivity index (χ4n) is 3.05. The number of carbonyl (C=O) groups is 1. The molecule has 0 amide bonds. The zero-order valence-corrected chi connectivity index (χ0v) is 14.9. The topological polar surface area (TPSA) is 54.4 Å². The predicted molar refractivity (Wildman–Crippen MR) is 88.3 cm³/mol. The highest BCUT2D eigenvalue weighted by molar-refractivity contribution is 7.37. The molecule has 1 aromatic carbocycles. The maximum Gasteiger partial charge on any atom is 0.193 e. The SMILES string of the molecule is Cc1cc(C)c(C(C)(C)CC(=O)C(C)C)c(C[PH](=O)O)c1. The number of ketones is 1. The van der Waals surface area contributed by atoms with Gasteiger partial charge in [-0.1, -0.05) is 45.4 Å². The van der Waals surface area contributed by atoms with Gasteiger partial charge in [-0.2, -0.15) is 0 Å². The maximum absolute atomic E-state index is 12.1. The van der Waals surface area contributed by atoms with Crippen molar-refractivity contribution < 1.29 is 14.3 Å². The Labute approximate surface area is 128 Å². The Bertz CT molecular complexity index is 559. The van der Waals surface area contributed by atoms with E-state index >= 15 is 0 Å². The molecule has 118 valence electrons. The molecule has 0 aliphatic rings. The fraction of sp³-hybridized carbons (Fsp3) is 0.588. The van der Waals surface area contributed by atoms with Crippen LogP contribution in [0.25, 0.3) is 0 Å².